The van der Waals surface area contributed by atoms with Crippen molar-refractivity contribution in [3.63, 3.8) is 0 Å². The number of quaternary nitrogens is 1. The van der Waals surface area contributed by atoms with Crippen molar-refractivity contribution in [2.45, 2.75) is 18.4 Å². The maximum absolute atomic E-state index is 5.36. The standard InChI is InChI=1S/C44H33N5/c1-2-14-31(15-3-1)42-46-43(33-22-21-28-11-4-5-16-32(28)27-33)48-44(47-42)36-19-10-20-39(45-36)49-37-25-23-29-12-6-8-17-34(29)40(37)41-35-18-9-7-13-30(35)24-26-38(41)49/h1-27,36,42-43,45-46H,(H,47,48)/p+1. The van der Waals surface area contributed by atoms with Gasteiger partial charge in [-0.05, 0) is 67.7 Å². The number of amidine groups is 1. The van der Waals surface area contributed by atoms with Crippen LogP contribution >= 0.6 is 0 Å². The molecule has 5 heteroatoms. The van der Waals surface area contributed by atoms with Gasteiger partial charge in [0.05, 0.1) is 11.0 Å². The van der Waals surface area contributed by atoms with Gasteiger partial charge in [-0.2, -0.15) is 0 Å². The van der Waals surface area contributed by atoms with Crippen LogP contribution in [-0.4, -0.2) is 16.4 Å². The smallest absolute Gasteiger partial charge is 0.210 e. The summed E-state index contributed by atoms with van der Waals surface area (Å²) in [6.45, 7) is 0. The first-order valence-corrected chi connectivity index (χ1v) is 17.0. The molecular formula is C44H34N5+. The minimum absolute atomic E-state index is 0.0373. The topological polar surface area (TPSA) is 58.0 Å². The van der Waals surface area contributed by atoms with E-state index < -0.39 is 0 Å². The fraction of sp³-hybridized carbons (Fsp3) is 0.0682. The highest BCUT2D eigenvalue weighted by atomic mass is 15.3. The third-order valence-electron chi connectivity index (χ3n) is 10.2. The van der Waals surface area contributed by atoms with Gasteiger partial charge in [-0.15, -0.1) is 0 Å². The molecule has 3 atom stereocenters. The largest absolute Gasteiger partial charge is 0.349 e. The Morgan fingerprint density at radius 1 is 0.571 bits per heavy atom. The monoisotopic (exact) mass is 632 g/mol. The van der Waals surface area contributed by atoms with E-state index in [9.17, 15) is 0 Å². The van der Waals surface area contributed by atoms with Crippen molar-refractivity contribution in [3.05, 3.63) is 175 Å². The predicted molar refractivity (Wildman–Crippen MR) is 203 cm³/mol. The van der Waals surface area contributed by atoms with Crippen molar-refractivity contribution >= 4 is 65.8 Å². The second-order valence-electron chi connectivity index (χ2n) is 13.0. The van der Waals surface area contributed by atoms with Gasteiger partial charge in [-0.3, -0.25) is 15.2 Å². The lowest BCUT2D eigenvalue weighted by atomic mass is 10.00. The van der Waals surface area contributed by atoms with E-state index >= 15 is 0 Å². The molecule has 0 spiro atoms. The Kier molecular flexibility index (Phi) is 6.47. The fourth-order valence-corrected chi connectivity index (χ4v) is 7.83. The number of nitrogens with zero attached hydrogens (tertiary/aromatic N) is 2. The lowest BCUT2D eigenvalue weighted by molar-refractivity contribution is -0.580. The number of fused-ring (bicyclic) bond motifs is 8. The summed E-state index contributed by atoms with van der Waals surface area (Å²) in [5.41, 5.74) is 4.74. The molecule has 0 amide bonds. The Labute approximate surface area is 283 Å². The minimum atomic E-state index is -0.201. The van der Waals surface area contributed by atoms with Crippen molar-refractivity contribution in [3.8, 4) is 0 Å². The Bertz CT molecular complexity index is 2570. The first-order chi connectivity index (χ1) is 24.3. The molecule has 8 aromatic rings. The molecule has 49 heavy (non-hydrogen) atoms. The zero-order valence-electron chi connectivity index (χ0n) is 26.8. The van der Waals surface area contributed by atoms with Crippen molar-refractivity contribution in [2.75, 3.05) is 0 Å². The van der Waals surface area contributed by atoms with Crippen molar-refractivity contribution in [1.29, 1.82) is 0 Å². The van der Waals surface area contributed by atoms with Crippen LogP contribution in [0.3, 0.4) is 0 Å². The minimum Gasteiger partial charge on any atom is -0.349 e. The zero-order chi connectivity index (χ0) is 32.3. The van der Waals surface area contributed by atoms with Crippen LogP contribution < -0.4 is 16.0 Å². The van der Waals surface area contributed by atoms with E-state index in [1.165, 1.54) is 59.7 Å². The van der Waals surface area contributed by atoms with Crippen molar-refractivity contribution < 1.29 is 5.32 Å². The third-order valence-corrected chi connectivity index (χ3v) is 10.2. The number of aromatic nitrogens is 1. The van der Waals surface area contributed by atoms with Gasteiger partial charge in [-0.25, -0.2) is 4.99 Å². The summed E-state index contributed by atoms with van der Waals surface area (Å²) >= 11 is 0. The number of nitrogens with two attached hydrogens (primary N) is 1. The number of benzene rings is 7. The summed E-state index contributed by atoms with van der Waals surface area (Å²) in [7, 11) is 0. The van der Waals surface area contributed by atoms with E-state index in [1.807, 2.05) is 0 Å². The first-order valence-electron chi connectivity index (χ1n) is 17.0. The van der Waals surface area contributed by atoms with Crippen molar-refractivity contribution in [2.24, 2.45) is 4.99 Å². The van der Waals surface area contributed by atoms with Crippen LogP contribution in [0.4, 0.5) is 0 Å². The van der Waals surface area contributed by atoms with E-state index in [0.29, 0.717) is 0 Å². The molecule has 4 N–H and O–H groups in total. The lowest BCUT2D eigenvalue weighted by Crippen LogP contribution is -2.91. The average Bonchev–Trinajstić information content (AvgIpc) is 3.53. The summed E-state index contributed by atoms with van der Waals surface area (Å²) in [6.07, 6.45) is 6.38. The quantitative estimate of drug-likeness (QED) is 0.182. The van der Waals surface area contributed by atoms with E-state index in [4.69, 9.17) is 4.99 Å². The molecule has 0 saturated carbocycles. The number of aliphatic imine (C=N–C) groups is 1. The molecule has 1 aromatic heterocycles. The zero-order valence-corrected chi connectivity index (χ0v) is 26.8. The SMILES string of the molecule is C1=CC(C2=NC(c3ccc4ccccc4c3)NC(c3ccccc3)N2)[NH2+]C(n2c3ccc4ccccc4c3c3c4ccccc4ccc32)=C1. The summed E-state index contributed by atoms with van der Waals surface area (Å²) in [6, 6.07) is 52.3. The van der Waals surface area contributed by atoms with Crippen LogP contribution in [0, 0.1) is 0 Å². The van der Waals surface area contributed by atoms with Gasteiger partial charge in [0.15, 0.2) is 11.9 Å². The van der Waals surface area contributed by atoms with Gasteiger partial charge in [0.1, 0.15) is 12.3 Å². The summed E-state index contributed by atoms with van der Waals surface area (Å²) in [4.78, 5) is 5.36. The number of allylic oxidation sites excluding steroid dienone is 2. The highest BCUT2D eigenvalue weighted by Crippen LogP contribution is 2.40. The second-order valence-corrected chi connectivity index (χ2v) is 13.0. The maximum atomic E-state index is 5.36. The van der Waals surface area contributed by atoms with E-state index in [-0.39, 0.29) is 18.4 Å². The van der Waals surface area contributed by atoms with Crippen molar-refractivity contribution in [1.82, 2.24) is 15.2 Å². The van der Waals surface area contributed by atoms with Gasteiger partial charge >= 0.3 is 0 Å². The van der Waals surface area contributed by atoms with Crippen LogP contribution in [0.2, 0.25) is 0 Å². The van der Waals surface area contributed by atoms with Gasteiger partial charge in [0, 0.05) is 16.8 Å². The maximum Gasteiger partial charge on any atom is 0.210 e. The first kappa shape index (κ1) is 28.0. The lowest BCUT2D eigenvalue weighted by Gasteiger charge is -2.34. The van der Waals surface area contributed by atoms with Gasteiger partial charge in [0.2, 0.25) is 5.82 Å². The van der Waals surface area contributed by atoms with Gasteiger partial charge in [0.25, 0.3) is 0 Å². The molecule has 7 aromatic carbocycles. The van der Waals surface area contributed by atoms with Gasteiger partial charge in [-0.1, -0.05) is 133 Å². The summed E-state index contributed by atoms with van der Waals surface area (Å²) in [5.74, 6) is 2.09. The Hall–Kier alpha value is -6.01. The molecule has 0 bridgehead atoms. The normalized spacial score (nSPS) is 19.4. The Morgan fingerprint density at radius 2 is 1.18 bits per heavy atom. The Morgan fingerprint density at radius 3 is 1.90 bits per heavy atom. The van der Waals surface area contributed by atoms with Crippen LogP contribution in [0.1, 0.15) is 23.5 Å². The van der Waals surface area contributed by atoms with Crippen LogP contribution in [0.15, 0.2) is 169 Å². The molecule has 0 aliphatic carbocycles. The van der Waals surface area contributed by atoms with Crippen LogP contribution in [0.25, 0.3) is 59.9 Å². The van der Waals surface area contributed by atoms with Crippen LogP contribution in [-0.2, 0) is 0 Å². The van der Waals surface area contributed by atoms with Gasteiger partial charge < -0.3 is 5.32 Å². The number of rotatable bonds is 4. The molecule has 10 rings (SSSR count). The highest BCUT2D eigenvalue weighted by Gasteiger charge is 2.32. The molecule has 0 radical (unpaired) electrons. The van der Waals surface area contributed by atoms with E-state index in [2.05, 4.69) is 184 Å². The predicted octanol–water partition coefficient (Wildman–Crippen LogP) is 8.54. The molecule has 2 aliphatic heterocycles. The molecule has 3 heterocycles. The van der Waals surface area contributed by atoms with E-state index in [0.717, 1.165) is 17.2 Å². The summed E-state index contributed by atoms with van der Waals surface area (Å²) in [5, 5.41) is 20.0. The third kappa shape index (κ3) is 4.66. The summed E-state index contributed by atoms with van der Waals surface area (Å²) < 4.78 is 2.44. The second kappa shape index (κ2) is 11.3. The Balaban J connectivity index is 1.10. The molecule has 0 saturated heterocycles. The molecule has 5 nitrogen and oxygen atoms in total. The number of nitrogens with one attached hydrogen (secondary N) is 2. The van der Waals surface area contributed by atoms with Crippen LogP contribution in [0.5, 0.6) is 0 Å². The number of hydrogen-bond acceptors (Lipinski definition) is 3. The molecular weight excluding hydrogens is 599 g/mol. The molecule has 2 aliphatic rings. The highest BCUT2D eigenvalue weighted by molar-refractivity contribution is 6.28. The molecule has 234 valence electrons. The average molecular weight is 633 g/mol. The molecule has 0 fully saturated rings. The molecule has 3 unspecified atom stereocenters. The number of hydrogen-bond donors (Lipinski definition) is 3. The van der Waals surface area contributed by atoms with E-state index in [1.54, 1.807) is 0 Å². The fourth-order valence-electron chi connectivity index (χ4n) is 7.83.